The Balaban J connectivity index is 1.91. The van der Waals surface area contributed by atoms with E-state index in [1.807, 2.05) is 13.0 Å². The van der Waals surface area contributed by atoms with Crippen LogP contribution in [0.3, 0.4) is 0 Å². The zero-order chi connectivity index (χ0) is 16.7. The van der Waals surface area contributed by atoms with Crippen molar-refractivity contribution in [2.24, 2.45) is 5.73 Å². The molecule has 2 N–H and O–H groups in total. The molecule has 2 rings (SSSR count). The second-order valence-electron chi connectivity index (χ2n) is 4.53. The highest BCUT2D eigenvalue weighted by atomic mass is 16.6. The Morgan fingerprint density at radius 1 is 0.957 bits per heavy atom. The molecule has 6 heteroatoms. The van der Waals surface area contributed by atoms with E-state index in [1.54, 1.807) is 18.2 Å². The monoisotopic (exact) mass is 315 g/mol. The molecule has 120 valence electrons. The summed E-state index contributed by atoms with van der Waals surface area (Å²) >= 11 is 0. The summed E-state index contributed by atoms with van der Waals surface area (Å²) in [4.78, 5) is 22.8. The molecule has 0 spiro atoms. The highest BCUT2D eigenvalue weighted by Crippen LogP contribution is 2.26. The van der Waals surface area contributed by atoms with Crippen LogP contribution in [-0.4, -0.2) is 25.1 Å². The first-order chi connectivity index (χ1) is 11.1. The molecule has 6 nitrogen and oxygen atoms in total. The van der Waals surface area contributed by atoms with Crippen LogP contribution in [0.15, 0.2) is 48.5 Å². The number of amides is 1. The van der Waals surface area contributed by atoms with Crippen molar-refractivity contribution in [3.63, 3.8) is 0 Å². The number of nitrogens with two attached hydrogens (primary N) is 1. The molecule has 0 aliphatic carbocycles. The maximum Gasteiger partial charge on any atom is 0.349 e. The average molecular weight is 315 g/mol. The van der Waals surface area contributed by atoms with Crippen molar-refractivity contribution < 1.29 is 23.8 Å². The number of carbonyl (C=O) groups is 2. The predicted molar refractivity (Wildman–Crippen MR) is 83.7 cm³/mol. The van der Waals surface area contributed by atoms with Crippen molar-refractivity contribution in [3.8, 4) is 17.2 Å². The van der Waals surface area contributed by atoms with Gasteiger partial charge in [-0.3, -0.25) is 4.79 Å². The lowest BCUT2D eigenvalue weighted by Crippen LogP contribution is -2.18. The number of esters is 1. The fourth-order valence-corrected chi connectivity index (χ4v) is 1.83. The van der Waals surface area contributed by atoms with E-state index < -0.39 is 11.9 Å². The molecule has 2 aromatic rings. The summed E-state index contributed by atoms with van der Waals surface area (Å²) in [6.45, 7) is 2.10. The molecular formula is C17H17NO5. The molecule has 0 saturated carbocycles. The second-order valence-corrected chi connectivity index (χ2v) is 4.53. The highest BCUT2D eigenvalue weighted by Gasteiger charge is 2.10. The van der Waals surface area contributed by atoms with Crippen molar-refractivity contribution in [2.45, 2.75) is 6.92 Å². The maximum atomic E-state index is 11.8. The van der Waals surface area contributed by atoms with Gasteiger partial charge in [-0.15, -0.1) is 0 Å². The van der Waals surface area contributed by atoms with Gasteiger partial charge in [0.05, 0.1) is 6.61 Å². The molecule has 23 heavy (non-hydrogen) atoms. The number of rotatable bonds is 7. The Morgan fingerprint density at radius 2 is 1.57 bits per heavy atom. The van der Waals surface area contributed by atoms with Crippen molar-refractivity contribution in [3.05, 3.63) is 54.1 Å². The normalized spacial score (nSPS) is 9.96. The van der Waals surface area contributed by atoms with Crippen LogP contribution in [0.5, 0.6) is 17.2 Å². The fourth-order valence-electron chi connectivity index (χ4n) is 1.83. The standard InChI is InChI=1S/C17H17NO5/c1-2-21-14-5-3-4-6-15(14)22-11-16(19)23-13-9-7-12(8-10-13)17(18)20/h3-10H,2,11H2,1H3,(H2,18,20). The van der Waals surface area contributed by atoms with E-state index in [9.17, 15) is 9.59 Å². The van der Waals surface area contributed by atoms with Gasteiger partial charge in [-0.2, -0.15) is 0 Å². The van der Waals surface area contributed by atoms with Crippen LogP contribution in [0.1, 0.15) is 17.3 Å². The number of benzene rings is 2. The van der Waals surface area contributed by atoms with Crippen LogP contribution in [0.25, 0.3) is 0 Å². The topological polar surface area (TPSA) is 87.8 Å². The third kappa shape index (κ3) is 4.74. The van der Waals surface area contributed by atoms with Gasteiger partial charge < -0.3 is 19.9 Å². The quantitative estimate of drug-likeness (QED) is 0.625. The van der Waals surface area contributed by atoms with E-state index >= 15 is 0 Å². The van der Waals surface area contributed by atoms with E-state index in [4.69, 9.17) is 19.9 Å². The van der Waals surface area contributed by atoms with Crippen LogP contribution in [-0.2, 0) is 4.79 Å². The maximum absolute atomic E-state index is 11.8. The number of para-hydroxylation sites is 2. The van der Waals surface area contributed by atoms with Gasteiger partial charge in [0.2, 0.25) is 5.91 Å². The Bertz CT molecular complexity index is 682. The number of carbonyl (C=O) groups excluding carboxylic acids is 2. The molecule has 0 fully saturated rings. The van der Waals surface area contributed by atoms with Gasteiger partial charge in [-0.1, -0.05) is 12.1 Å². The zero-order valence-corrected chi connectivity index (χ0v) is 12.7. The molecule has 0 bridgehead atoms. The van der Waals surface area contributed by atoms with E-state index in [0.717, 1.165) is 0 Å². The first-order valence-electron chi connectivity index (χ1n) is 7.05. The van der Waals surface area contributed by atoms with E-state index in [0.29, 0.717) is 29.4 Å². The van der Waals surface area contributed by atoms with Crippen molar-refractivity contribution in [1.82, 2.24) is 0 Å². The molecule has 0 aliphatic heterocycles. The third-order valence-electron chi connectivity index (χ3n) is 2.87. The molecule has 1 amide bonds. The Labute approximate surface area is 133 Å². The van der Waals surface area contributed by atoms with Crippen LogP contribution in [0.2, 0.25) is 0 Å². The molecular weight excluding hydrogens is 298 g/mol. The van der Waals surface area contributed by atoms with Crippen LogP contribution in [0, 0.1) is 0 Å². The lowest BCUT2D eigenvalue weighted by molar-refractivity contribution is -0.136. The largest absolute Gasteiger partial charge is 0.490 e. The Morgan fingerprint density at radius 3 is 2.13 bits per heavy atom. The molecule has 0 aliphatic rings. The molecule has 0 unspecified atom stereocenters. The van der Waals surface area contributed by atoms with Crippen molar-refractivity contribution in [2.75, 3.05) is 13.2 Å². The predicted octanol–water partition coefficient (Wildman–Crippen LogP) is 2.17. The van der Waals surface area contributed by atoms with Crippen LogP contribution < -0.4 is 19.9 Å². The second kappa shape index (κ2) is 7.84. The van der Waals surface area contributed by atoms with Crippen molar-refractivity contribution in [1.29, 1.82) is 0 Å². The number of ether oxygens (including phenoxy) is 3. The third-order valence-corrected chi connectivity index (χ3v) is 2.87. The molecule has 0 atom stereocenters. The smallest absolute Gasteiger partial charge is 0.349 e. The Kier molecular flexibility index (Phi) is 5.57. The molecule has 0 saturated heterocycles. The lowest BCUT2D eigenvalue weighted by atomic mass is 10.2. The summed E-state index contributed by atoms with van der Waals surface area (Å²) in [6.07, 6.45) is 0. The van der Waals surface area contributed by atoms with Crippen molar-refractivity contribution >= 4 is 11.9 Å². The summed E-state index contributed by atoms with van der Waals surface area (Å²) in [7, 11) is 0. The van der Waals surface area contributed by atoms with E-state index in [-0.39, 0.29) is 6.61 Å². The van der Waals surface area contributed by atoms with E-state index in [1.165, 1.54) is 24.3 Å². The average Bonchev–Trinajstić information content (AvgIpc) is 2.55. The summed E-state index contributed by atoms with van der Waals surface area (Å²) in [6, 6.07) is 13.0. The van der Waals surface area contributed by atoms with Gasteiger partial charge >= 0.3 is 5.97 Å². The number of hydrogen-bond acceptors (Lipinski definition) is 5. The van der Waals surface area contributed by atoms with E-state index in [2.05, 4.69) is 0 Å². The zero-order valence-electron chi connectivity index (χ0n) is 12.7. The highest BCUT2D eigenvalue weighted by molar-refractivity contribution is 5.92. The molecule has 0 heterocycles. The van der Waals surface area contributed by atoms with Gasteiger partial charge in [0.1, 0.15) is 5.75 Å². The molecule has 2 aromatic carbocycles. The number of hydrogen-bond donors (Lipinski definition) is 1. The summed E-state index contributed by atoms with van der Waals surface area (Å²) < 4.78 is 15.9. The van der Waals surface area contributed by atoms with Gasteiger partial charge in [-0.25, -0.2) is 4.79 Å². The van der Waals surface area contributed by atoms with Gasteiger partial charge in [-0.05, 0) is 43.3 Å². The first-order valence-corrected chi connectivity index (χ1v) is 7.05. The van der Waals surface area contributed by atoms with Crippen LogP contribution in [0.4, 0.5) is 0 Å². The van der Waals surface area contributed by atoms with Crippen LogP contribution >= 0.6 is 0 Å². The minimum Gasteiger partial charge on any atom is -0.490 e. The Hall–Kier alpha value is -3.02. The summed E-state index contributed by atoms with van der Waals surface area (Å²) in [5.41, 5.74) is 5.48. The SMILES string of the molecule is CCOc1ccccc1OCC(=O)Oc1ccc(C(N)=O)cc1. The number of primary amides is 1. The van der Waals surface area contributed by atoms with Gasteiger partial charge in [0, 0.05) is 5.56 Å². The fraction of sp³-hybridized carbons (Fsp3) is 0.176. The summed E-state index contributed by atoms with van der Waals surface area (Å²) in [5.74, 6) is 0.229. The van der Waals surface area contributed by atoms with Gasteiger partial charge in [0.25, 0.3) is 0 Å². The minimum atomic E-state index is -0.567. The summed E-state index contributed by atoms with van der Waals surface area (Å²) in [5, 5.41) is 0. The minimum absolute atomic E-state index is 0.262. The lowest BCUT2D eigenvalue weighted by Gasteiger charge is -2.11. The first kappa shape index (κ1) is 16.4. The molecule has 0 radical (unpaired) electrons. The van der Waals surface area contributed by atoms with Gasteiger partial charge in [0.15, 0.2) is 18.1 Å². The molecule has 0 aromatic heterocycles.